The molecule has 0 bridgehead atoms. The number of amides is 2. The summed E-state index contributed by atoms with van der Waals surface area (Å²) in [4.78, 5) is 24.6. The van der Waals surface area contributed by atoms with Crippen LogP contribution in [-0.4, -0.2) is 51.8 Å². The zero-order valence-electron chi connectivity index (χ0n) is 18.1. The highest BCUT2D eigenvalue weighted by Gasteiger charge is 2.32. The molecule has 1 aromatic carbocycles. The van der Waals surface area contributed by atoms with E-state index in [-0.39, 0.29) is 12.6 Å². The van der Waals surface area contributed by atoms with Crippen LogP contribution in [0.25, 0.3) is 0 Å². The van der Waals surface area contributed by atoms with Crippen molar-refractivity contribution < 1.29 is 23.8 Å². The molecule has 2 aromatic rings. The van der Waals surface area contributed by atoms with Gasteiger partial charge in [-0.1, -0.05) is 30.8 Å². The molecule has 0 spiro atoms. The van der Waals surface area contributed by atoms with E-state index in [9.17, 15) is 9.59 Å². The standard InChI is InChI=1S/C21H25N5O5S/c1-4-12-17(19(27)29-5-2)13(23-20(28)22-12)11-32-21-25-24-18(26(21)3)16-10-30-14-8-6-7-9-15(14)31-16/h6-9,12,16H,4-5,10-11H2,1-3H3,(H2,22,23,28). The normalized spacial score (nSPS) is 19.9. The van der Waals surface area contributed by atoms with Crippen molar-refractivity contribution in [1.82, 2.24) is 25.4 Å². The number of nitrogens with zero attached hydrogens (tertiary/aromatic N) is 3. The fourth-order valence-corrected chi connectivity index (χ4v) is 4.48. The fourth-order valence-electron chi connectivity index (χ4n) is 3.59. The number of fused-ring (bicyclic) bond motifs is 1. The maximum absolute atomic E-state index is 12.5. The van der Waals surface area contributed by atoms with E-state index in [1.54, 1.807) is 6.92 Å². The van der Waals surface area contributed by atoms with Crippen LogP contribution < -0.4 is 20.1 Å². The molecule has 2 atom stereocenters. The van der Waals surface area contributed by atoms with Gasteiger partial charge in [0, 0.05) is 18.5 Å². The van der Waals surface area contributed by atoms with Crippen molar-refractivity contribution in [2.24, 2.45) is 7.05 Å². The second-order valence-electron chi connectivity index (χ2n) is 7.22. The predicted molar refractivity (Wildman–Crippen MR) is 116 cm³/mol. The number of esters is 1. The monoisotopic (exact) mass is 459 g/mol. The van der Waals surface area contributed by atoms with Crippen LogP contribution in [0.15, 0.2) is 40.7 Å². The van der Waals surface area contributed by atoms with Gasteiger partial charge in [-0.2, -0.15) is 0 Å². The molecule has 170 valence electrons. The largest absolute Gasteiger partial charge is 0.485 e. The summed E-state index contributed by atoms with van der Waals surface area (Å²) < 4.78 is 18.9. The first-order valence-electron chi connectivity index (χ1n) is 10.4. The van der Waals surface area contributed by atoms with Crippen molar-refractivity contribution in [3.8, 4) is 11.5 Å². The Hall–Kier alpha value is -3.21. The van der Waals surface area contributed by atoms with Gasteiger partial charge in [-0.3, -0.25) is 0 Å². The number of urea groups is 1. The van der Waals surface area contributed by atoms with Gasteiger partial charge < -0.3 is 29.4 Å². The molecule has 2 aliphatic heterocycles. The second kappa shape index (κ2) is 9.51. The molecule has 0 saturated heterocycles. The number of ether oxygens (including phenoxy) is 3. The number of aromatic nitrogens is 3. The summed E-state index contributed by atoms with van der Waals surface area (Å²) >= 11 is 1.36. The van der Waals surface area contributed by atoms with Crippen LogP contribution in [0.4, 0.5) is 4.79 Å². The maximum Gasteiger partial charge on any atom is 0.337 e. The van der Waals surface area contributed by atoms with Gasteiger partial charge in [0.05, 0.1) is 18.2 Å². The van der Waals surface area contributed by atoms with Crippen molar-refractivity contribution in [3.63, 3.8) is 0 Å². The minimum atomic E-state index is -0.437. The molecule has 0 fully saturated rings. The minimum Gasteiger partial charge on any atom is -0.485 e. The molecule has 1 aromatic heterocycles. The first kappa shape index (κ1) is 22.0. The van der Waals surface area contributed by atoms with Crippen LogP contribution in [0.3, 0.4) is 0 Å². The molecule has 0 radical (unpaired) electrons. The first-order valence-corrected chi connectivity index (χ1v) is 11.4. The molecule has 2 N–H and O–H groups in total. The number of nitrogens with one attached hydrogen (secondary N) is 2. The van der Waals surface area contributed by atoms with E-state index < -0.39 is 18.1 Å². The Morgan fingerprint density at radius 2 is 2.06 bits per heavy atom. The summed E-state index contributed by atoms with van der Waals surface area (Å²) in [6, 6.07) is 6.73. The Morgan fingerprint density at radius 1 is 1.28 bits per heavy atom. The quantitative estimate of drug-likeness (QED) is 0.479. The molecular formula is C21H25N5O5S. The molecule has 3 heterocycles. The zero-order chi connectivity index (χ0) is 22.7. The Balaban J connectivity index is 1.52. The Kier molecular flexibility index (Phi) is 6.54. The van der Waals surface area contributed by atoms with E-state index in [0.717, 1.165) is 0 Å². The van der Waals surface area contributed by atoms with E-state index in [4.69, 9.17) is 14.2 Å². The number of thioether (sulfide) groups is 1. The van der Waals surface area contributed by atoms with Crippen molar-refractivity contribution in [3.05, 3.63) is 41.4 Å². The third-order valence-corrected chi connectivity index (χ3v) is 6.20. The summed E-state index contributed by atoms with van der Waals surface area (Å²) in [6.07, 6.45) is 0.179. The van der Waals surface area contributed by atoms with Gasteiger partial charge in [0.2, 0.25) is 0 Å². The first-order chi connectivity index (χ1) is 15.5. The topological polar surface area (TPSA) is 117 Å². The number of benzene rings is 1. The molecule has 2 aliphatic rings. The van der Waals surface area contributed by atoms with E-state index in [2.05, 4.69) is 20.8 Å². The summed E-state index contributed by atoms with van der Waals surface area (Å²) in [7, 11) is 1.85. The van der Waals surface area contributed by atoms with Crippen molar-refractivity contribution in [2.45, 2.75) is 37.6 Å². The van der Waals surface area contributed by atoms with Gasteiger partial charge in [-0.15, -0.1) is 10.2 Å². The van der Waals surface area contributed by atoms with Crippen molar-refractivity contribution in [2.75, 3.05) is 19.0 Å². The Morgan fingerprint density at radius 3 is 2.81 bits per heavy atom. The molecule has 11 heteroatoms. The van der Waals surface area contributed by atoms with E-state index in [1.807, 2.05) is 42.8 Å². The summed E-state index contributed by atoms with van der Waals surface area (Å²) in [5.41, 5.74) is 0.948. The molecule has 0 saturated carbocycles. The minimum absolute atomic E-state index is 0.256. The highest BCUT2D eigenvalue weighted by Crippen LogP contribution is 2.36. The van der Waals surface area contributed by atoms with Crippen molar-refractivity contribution in [1.29, 1.82) is 0 Å². The molecule has 10 nitrogen and oxygen atoms in total. The fraction of sp³-hybridized carbons (Fsp3) is 0.429. The molecule has 4 rings (SSSR count). The molecule has 32 heavy (non-hydrogen) atoms. The number of hydrogen-bond donors (Lipinski definition) is 2. The van der Waals surface area contributed by atoms with Crippen LogP contribution in [0.2, 0.25) is 0 Å². The van der Waals surface area contributed by atoms with Gasteiger partial charge in [0.1, 0.15) is 6.61 Å². The third-order valence-electron chi connectivity index (χ3n) is 5.16. The Bertz CT molecular complexity index is 1050. The summed E-state index contributed by atoms with van der Waals surface area (Å²) in [6.45, 7) is 4.23. The van der Waals surface area contributed by atoms with Crippen LogP contribution in [0.1, 0.15) is 32.2 Å². The van der Waals surface area contributed by atoms with E-state index in [0.29, 0.717) is 52.5 Å². The van der Waals surface area contributed by atoms with Gasteiger partial charge in [-0.05, 0) is 25.5 Å². The lowest BCUT2D eigenvalue weighted by Gasteiger charge is -2.28. The van der Waals surface area contributed by atoms with Crippen LogP contribution in [-0.2, 0) is 16.6 Å². The summed E-state index contributed by atoms with van der Waals surface area (Å²) in [5, 5.41) is 14.7. The van der Waals surface area contributed by atoms with Crippen molar-refractivity contribution >= 4 is 23.8 Å². The zero-order valence-corrected chi connectivity index (χ0v) is 18.9. The number of hydrogen-bond acceptors (Lipinski definition) is 8. The highest BCUT2D eigenvalue weighted by atomic mass is 32.2. The van der Waals surface area contributed by atoms with Crippen LogP contribution in [0, 0.1) is 0 Å². The molecule has 0 aliphatic carbocycles. The number of rotatable bonds is 7. The van der Waals surface area contributed by atoms with E-state index in [1.165, 1.54) is 11.8 Å². The lowest BCUT2D eigenvalue weighted by Crippen LogP contribution is -2.50. The molecule has 2 unspecified atom stereocenters. The molecule has 2 amide bonds. The number of carbonyl (C=O) groups is 2. The van der Waals surface area contributed by atoms with Gasteiger partial charge >= 0.3 is 12.0 Å². The second-order valence-corrected chi connectivity index (χ2v) is 8.17. The Labute approximate surface area is 189 Å². The molecular weight excluding hydrogens is 434 g/mol. The lowest BCUT2D eigenvalue weighted by atomic mass is 10.0. The predicted octanol–water partition coefficient (Wildman–Crippen LogP) is 2.33. The SMILES string of the molecule is CCOC(=O)C1=C(CSc2nnc(C3COc4ccccc4O3)n2C)NC(=O)NC1CC. The summed E-state index contributed by atoms with van der Waals surface area (Å²) in [5.74, 6) is 1.88. The third kappa shape index (κ3) is 4.38. The average Bonchev–Trinajstić information content (AvgIpc) is 3.17. The van der Waals surface area contributed by atoms with Crippen LogP contribution in [0.5, 0.6) is 11.5 Å². The lowest BCUT2D eigenvalue weighted by molar-refractivity contribution is -0.139. The average molecular weight is 460 g/mol. The van der Waals surface area contributed by atoms with E-state index >= 15 is 0 Å². The van der Waals surface area contributed by atoms with Crippen LogP contribution >= 0.6 is 11.8 Å². The maximum atomic E-state index is 12.5. The van der Waals surface area contributed by atoms with Gasteiger partial charge in [0.25, 0.3) is 0 Å². The van der Waals surface area contributed by atoms with Gasteiger partial charge in [-0.25, -0.2) is 9.59 Å². The smallest absolute Gasteiger partial charge is 0.337 e. The van der Waals surface area contributed by atoms with Gasteiger partial charge in [0.15, 0.2) is 28.6 Å². The highest BCUT2D eigenvalue weighted by molar-refractivity contribution is 7.99. The number of carbonyl (C=O) groups excluding carboxylic acids is 2. The number of para-hydroxylation sites is 2.